The molecule has 0 unspecified atom stereocenters. The predicted octanol–water partition coefficient (Wildman–Crippen LogP) is 6.55. The van der Waals surface area contributed by atoms with Gasteiger partial charge in [-0.15, -0.1) is 0 Å². The fourth-order valence-electron chi connectivity index (χ4n) is 9.59. The number of unbranched alkanes of at least 4 members (excludes halogenated alkanes) is 2. The van der Waals surface area contributed by atoms with Gasteiger partial charge >= 0.3 is 0 Å². The Morgan fingerprint density at radius 2 is 1.56 bits per heavy atom. The summed E-state index contributed by atoms with van der Waals surface area (Å²) in [5.74, 6) is 3.44. The molecule has 4 aliphatic carbocycles. The first-order chi connectivity index (χ1) is 15.4. The summed E-state index contributed by atoms with van der Waals surface area (Å²) in [4.78, 5) is 22.8. The minimum absolute atomic E-state index is 0.0228. The summed E-state index contributed by atoms with van der Waals surface area (Å²) >= 11 is 0. The van der Waals surface area contributed by atoms with Gasteiger partial charge in [-0.3, -0.25) is 9.59 Å². The predicted molar refractivity (Wildman–Crippen MR) is 126 cm³/mol. The summed E-state index contributed by atoms with van der Waals surface area (Å²) in [5.41, 5.74) is 0.664. The summed E-state index contributed by atoms with van der Waals surface area (Å²) in [7, 11) is 0. The molecule has 10 atom stereocenters. The number of hydrogen-bond donors (Lipinski definition) is 0. The molecular weight excluding hydrogens is 400 g/mol. The molecule has 0 aromatic rings. The number of carbonyl (C=O) groups excluding carboxylic acids is 2. The Morgan fingerprint density at radius 3 is 2.25 bits per heavy atom. The maximum Gasteiger partial charge on any atom is 0.293 e. The molecule has 0 amide bonds. The van der Waals surface area contributed by atoms with Crippen molar-refractivity contribution < 1.29 is 19.1 Å². The smallest absolute Gasteiger partial charge is 0.293 e. The Kier molecular flexibility index (Phi) is 7.27. The van der Waals surface area contributed by atoms with E-state index in [1.807, 2.05) is 0 Å². The molecule has 0 spiro atoms. The molecule has 0 radical (unpaired) electrons. The topological polar surface area (TPSA) is 52.6 Å². The van der Waals surface area contributed by atoms with Gasteiger partial charge in [0, 0.05) is 5.92 Å². The lowest BCUT2D eigenvalue weighted by Gasteiger charge is -2.65. The number of rotatable bonds is 9. The quantitative estimate of drug-likeness (QED) is 0.297. The highest BCUT2D eigenvalue weighted by molar-refractivity contribution is 5.38. The van der Waals surface area contributed by atoms with Crippen molar-refractivity contribution in [1.82, 2.24) is 0 Å². The molecule has 4 saturated carbocycles. The Bertz CT molecular complexity index is 664. The van der Waals surface area contributed by atoms with E-state index in [1.54, 1.807) is 0 Å². The van der Waals surface area contributed by atoms with Gasteiger partial charge in [-0.05, 0) is 98.2 Å². The maximum atomic E-state index is 11.7. The lowest BCUT2D eigenvalue weighted by Crippen LogP contribution is -2.62. The van der Waals surface area contributed by atoms with Crippen LogP contribution in [0, 0.1) is 46.3 Å². The maximum absolute atomic E-state index is 11.7. The third kappa shape index (κ3) is 3.82. The Balaban J connectivity index is 1.65. The van der Waals surface area contributed by atoms with Crippen molar-refractivity contribution in [3.8, 4) is 0 Å². The number of ether oxygens (including phenoxy) is 2. The fraction of sp³-hybridized carbons (Fsp3) is 0.929. The van der Waals surface area contributed by atoms with Gasteiger partial charge in [0.2, 0.25) is 0 Å². The van der Waals surface area contributed by atoms with Crippen LogP contribution in [-0.2, 0) is 19.1 Å². The second-order valence-electron chi connectivity index (χ2n) is 12.1. The molecule has 0 aromatic carbocycles. The monoisotopic (exact) mass is 446 g/mol. The zero-order valence-electron chi connectivity index (χ0n) is 20.9. The Hall–Kier alpha value is -1.06. The Morgan fingerprint density at radius 1 is 0.844 bits per heavy atom. The molecule has 182 valence electrons. The van der Waals surface area contributed by atoms with Gasteiger partial charge in [0.25, 0.3) is 12.9 Å². The van der Waals surface area contributed by atoms with Crippen LogP contribution in [0.1, 0.15) is 105 Å². The minimum Gasteiger partial charge on any atom is -0.465 e. The van der Waals surface area contributed by atoms with Crippen LogP contribution in [0.15, 0.2) is 0 Å². The molecule has 4 heteroatoms. The van der Waals surface area contributed by atoms with E-state index in [0.717, 1.165) is 38.1 Å². The molecule has 0 aromatic heterocycles. The van der Waals surface area contributed by atoms with E-state index in [0.29, 0.717) is 41.5 Å². The van der Waals surface area contributed by atoms with E-state index in [4.69, 9.17) is 9.47 Å². The lowest BCUT2D eigenvalue weighted by molar-refractivity contribution is -0.212. The first-order valence-corrected chi connectivity index (χ1v) is 13.6. The fourth-order valence-corrected chi connectivity index (χ4v) is 9.59. The first kappa shape index (κ1) is 24.1. The summed E-state index contributed by atoms with van der Waals surface area (Å²) in [6.45, 7) is 11.0. The van der Waals surface area contributed by atoms with Gasteiger partial charge in [0.1, 0.15) is 12.2 Å². The van der Waals surface area contributed by atoms with E-state index >= 15 is 0 Å². The van der Waals surface area contributed by atoms with Crippen molar-refractivity contribution in [3.63, 3.8) is 0 Å². The molecule has 4 rings (SSSR count). The second-order valence-corrected chi connectivity index (χ2v) is 12.1. The second kappa shape index (κ2) is 9.66. The molecule has 32 heavy (non-hydrogen) atoms. The van der Waals surface area contributed by atoms with E-state index < -0.39 is 0 Å². The van der Waals surface area contributed by atoms with Gasteiger partial charge in [0.05, 0.1) is 0 Å². The van der Waals surface area contributed by atoms with Crippen LogP contribution < -0.4 is 0 Å². The van der Waals surface area contributed by atoms with Crippen LogP contribution in [0.5, 0.6) is 0 Å². The molecule has 4 fully saturated rings. The zero-order chi connectivity index (χ0) is 22.9. The molecule has 4 nitrogen and oxygen atoms in total. The summed E-state index contributed by atoms with van der Waals surface area (Å²) in [6, 6.07) is 0. The highest BCUT2D eigenvalue weighted by Gasteiger charge is 2.65. The van der Waals surface area contributed by atoms with Crippen LogP contribution in [-0.4, -0.2) is 25.2 Å². The van der Waals surface area contributed by atoms with Crippen LogP contribution >= 0.6 is 0 Å². The largest absolute Gasteiger partial charge is 0.465 e. The van der Waals surface area contributed by atoms with Crippen LogP contribution in [0.2, 0.25) is 0 Å². The SMILES string of the molecule is CCCCC[C@H]1CC[C@H]2[C@@H]3[C@H](OC=O)[C@H](CC)[C@@H]4C[C@H](OC=O)CC[C@]4(C)[C@H]3CC[C@]12C. The molecule has 0 aliphatic heterocycles. The first-order valence-electron chi connectivity index (χ1n) is 13.6. The minimum atomic E-state index is 0.0228. The van der Waals surface area contributed by atoms with Crippen LogP contribution in [0.25, 0.3) is 0 Å². The van der Waals surface area contributed by atoms with E-state index in [9.17, 15) is 9.59 Å². The van der Waals surface area contributed by atoms with Crippen LogP contribution in [0.3, 0.4) is 0 Å². The Labute approximate surface area is 195 Å². The third-order valence-corrected chi connectivity index (χ3v) is 11.2. The van der Waals surface area contributed by atoms with E-state index in [-0.39, 0.29) is 17.6 Å². The summed E-state index contributed by atoms with van der Waals surface area (Å²) < 4.78 is 11.5. The van der Waals surface area contributed by atoms with Crippen LogP contribution in [0.4, 0.5) is 0 Å². The molecule has 0 bridgehead atoms. The van der Waals surface area contributed by atoms with E-state index in [1.165, 1.54) is 51.4 Å². The van der Waals surface area contributed by atoms with Crippen molar-refractivity contribution in [2.45, 2.75) is 117 Å². The molecule has 4 aliphatic rings. The highest BCUT2D eigenvalue weighted by atomic mass is 16.5. The number of hydrogen-bond acceptors (Lipinski definition) is 4. The van der Waals surface area contributed by atoms with Gasteiger partial charge in [-0.25, -0.2) is 0 Å². The molecule has 0 heterocycles. The lowest BCUT2D eigenvalue weighted by atomic mass is 9.41. The number of fused-ring (bicyclic) bond motifs is 5. The van der Waals surface area contributed by atoms with Crippen molar-refractivity contribution in [2.24, 2.45) is 46.3 Å². The van der Waals surface area contributed by atoms with Gasteiger partial charge in [-0.1, -0.05) is 47.0 Å². The zero-order valence-corrected chi connectivity index (χ0v) is 20.9. The highest BCUT2D eigenvalue weighted by Crippen LogP contribution is 2.69. The van der Waals surface area contributed by atoms with E-state index in [2.05, 4.69) is 27.7 Å². The molecule has 0 N–H and O–H groups in total. The van der Waals surface area contributed by atoms with Crippen molar-refractivity contribution in [2.75, 3.05) is 0 Å². The summed E-state index contributed by atoms with van der Waals surface area (Å²) in [6.07, 6.45) is 14.7. The average molecular weight is 447 g/mol. The average Bonchev–Trinajstić information content (AvgIpc) is 3.11. The van der Waals surface area contributed by atoms with Crippen molar-refractivity contribution in [1.29, 1.82) is 0 Å². The van der Waals surface area contributed by atoms with Crippen molar-refractivity contribution >= 4 is 12.9 Å². The van der Waals surface area contributed by atoms with Gasteiger partial charge < -0.3 is 9.47 Å². The molecule has 0 saturated heterocycles. The molecular formula is C28H46O4. The normalized spacial score (nSPS) is 47.6. The van der Waals surface area contributed by atoms with Gasteiger partial charge in [-0.2, -0.15) is 0 Å². The summed E-state index contributed by atoms with van der Waals surface area (Å²) in [5, 5.41) is 0. The third-order valence-electron chi connectivity index (χ3n) is 11.2. The van der Waals surface area contributed by atoms with Gasteiger partial charge in [0.15, 0.2) is 0 Å². The van der Waals surface area contributed by atoms with Crippen molar-refractivity contribution in [3.05, 3.63) is 0 Å². The number of carbonyl (C=O) groups is 2. The standard InChI is InChI=1S/C28H46O4/c1-5-7-8-9-19-10-11-22-25-23(13-15-27(19,22)3)28(4)14-12-20(31-17-29)16-24(28)21(6-2)26(25)32-18-30/h17-26H,5-16H2,1-4H3/t19-,20+,21+,22-,23-,24-,25-,26+,27+,28+/m0/s1.